The Labute approximate surface area is 150 Å². The topological polar surface area (TPSA) is 97.6 Å². The summed E-state index contributed by atoms with van der Waals surface area (Å²) < 4.78 is 1.70. The number of hydrogen-bond donors (Lipinski definition) is 2. The Morgan fingerprint density at radius 3 is 2.62 bits per heavy atom. The van der Waals surface area contributed by atoms with Gasteiger partial charge in [0.25, 0.3) is 0 Å². The van der Waals surface area contributed by atoms with Gasteiger partial charge in [-0.25, -0.2) is 4.79 Å². The SMILES string of the molecule is Cn1cc(-c2ccc(NC(=O)NC(c3ccncc3)C3CC3)nn2)cn1. The molecular formula is C18H19N7O. The molecule has 1 aliphatic rings. The third kappa shape index (κ3) is 3.69. The molecule has 132 valence electrons. The Kier molecular flexibility index (Phi) is 4.30. The van der Waals surface area contributed by atoms with E-state index in [2.05, 4.69) is 30.9 Å². The highest BCUT2D eigenvalue weighted by Gasteiger charge is 2.33. The Morgan fingerprint density at radius 1 is 1.19 bits per heavy atom. The second kappa shape index (κ2) is 6.91. The first-order valence-electron chi connectivity index (χ1n) is 8.49. The van der Waals surface area contributed by atoms with Gasteiger partial charge in [-0.15, -0.1) is 10.2 Å². The molecular weight excluding hydrogens is 330 g/mol. The fraction of sp³-hybridized carbons (Fsp3) is 0.278. The standard InChI is InChI=1S/C18H19N7O/c1-25-11-14(10-20-25)15-4-5-16(24-23-15)21-18(26)22-17(12-2-3-12)13-6-8-19-9-7-13/h4-12,17H,2-3H2,1H3,(H2,21,22,24,26). The predicted octanol–water partition coefficient (Wildman–Crippen LogP) is 2.54. The third-order valence-electron chi connectivity index (χ3n) is 4.35. The van der Waals surface area contributed by atoms with Crippen molar-refractivity contribution in [1.29, 1.82) is 0 Å². The van der Waals surface area contributed by atoms with Crippen molar-refractivity contribution in [3.63, 3.8) is 0 Å². The monoisotopic (exact) mass is 349 g/mol. The van der Waals surface area contributed by atoms with Crippen LogP contribution >= 0.6 is 0 Å². The van der Waals surface area contributed by atoms with Gasteiger partial charge < -0.3 is 5.32 Å². The normalized spacial score (nSPS) is 14.7. The summed E-state index contributed by atoms with van der Waals surface area (Å²) in [6, 6.07) is 7.11. The summed E-state index contributed by atoms with van der Waals surface area (Å²) >= 11 is 0. The van der Waals surface area contributed by atoms with E-state index in [1.165, 1.54) is 0 Å². The number of urea groups is 1. The van der Waals surface area contributed by atoms with Crippen molar-refractivity contribution in [1.82, 2.24) is 30.3 Å². The van der Waals surface area contributed by atoms with Gasteiger partial charge in [0.2, 0.25) is 0 Å². The molecule has 0 spiro atoms. The molecule has 0 radical (unpaired) electrons. The zero-order valence-corrected chi connectivity index (χ0v) is 14.3. The van der Waals surface area contributed by atoms with Gasteiger partial charge in [-0.1, -0.05) is 0 Å². The average Bonchev–Trinajstić information content (AvgIpc) is 3.41. The molecule has 8 nitrogen and oxygen atoms in total. The lowest BCUT2D eigenvalue weighted by molar-refractivity contribution is 0.247. The first kappa shape index (κ1) is 16.2. The summed E-state index contributed by atoms with van der Waals surface area (Å²) in [7, 11) is 1.84. The summed E-state index contributed by atoms with van der Waals surface area (Å²) in [6.07, 6.45) is 9.30. The molecule has 0 aliphatic heterocycles. The minimum absolute atomic E-state index is 0.0133. The second-order valence-corrected chi connectivity index (χ2v) is 6.40. The Balaban J connectivity index is 1.41. The molecule has 0 aromatic carbocycles. The highest BCUT2D eigenvalue weighted by Crippen LogP contribution is 2.40. The van der Waals surface area contributed by atoms with E-state index in [-0.39, 0.29) is 12.1 Å². The van der Waals surface area contributed by atoms with Gasteiger partial charge in [0, 0.05) is 31.2 Å². The van der Waals surface area contributed by atoms with E-state index in [0.29, 0.717) is 17.4 Å². The van der Waals surface area contributed by atoms with Gasteiger partial charge in [0.05, 0.1) is 17.9 Å². The van der Waals surface area contributed by atoms with Crippen LogP contribution in [-0.4, -0.2) is 31.0 Å². The molecule has 26 heavy (non-hydrogen) atoms. The minimum atomic E-state index is -0.290. The van der Waals surface area contributed by atoms with Crippen molar-refractivity contribution < 1.29 is 4.79 Å². The van der Waals surface area contributed by atoms with Crippen LogP contribution in [0.4, 0.5) is 10.6 Å². The maximum absolute atomic E-state index is 12.4. The lowest BCUT2D eigenvalue weighted by Crippen LogP contribution is -2.34. The summed E-state index contributed by atoms with van der Waals surface area (Å²) in [5, 5.41) is 18.1. The van der Waals surface area contributed by atoms with Crippen LogP contribution < -0.4 is 10.6 Å². The first-order chi connectivity index (χ1) is 12.7. The number of nitrogens with zero attached hydrogens (tertiary/aromatic N) is 5. The molecule has 2 amide bonds. The molecule has 0 bridgehead atoms. The molecule has 3 aromatic heterocycles. The highest BCUT2D eigenvalue weighted by molar-refractivity contribution is 5.88. The van der Waals surface area contributed by atoms with Crippen LogP contribution in [0.1, 0.15) is 24.4 Å². The smallest absolute Gasteiger partial charge is 0.320 e. The molecule has 4 rings (SSSR count). The molecule has 1 unspecified atom stereocenters. The van der Waals surface area contributed by atoms with E-state index in [1.54, 1.807) is 35.4 Å². The summed E-state index contributed by atoms with van der Waals surface area (Å²) in [5.41, 5.74) is 2.65. The highest BCUT2D eigenvalue weighted by atomic mass is 16.2. The van der Waals surface area contributed by atoms with Crippen LogP contribution in [0.5, 0.6) is 0 Å². The van der Waals surface area contributed by atoms with Gasteiger partial charge in [0.1, 0.15) is 0 Å². The van der Waals surface area contributed by atoms with Crippen LogP contribution in [0.3, 0.4) is 0 Å². The van der Waals surface area contributed by atoms with Crippen molar-refractivity contribution in [3.8, 4) is 11.3 Å². The van der Waals surface area contributed by atoms with Crippen molar-refractivity contribution in [2.45, 2.75) is 18.9 Å². The van der Waals surface area contributed by atoms with Crippen molar-refractivity contribution in [2.75, 3.05) is 5.32 Å². The lowest BCUT2D eigenvalue weighted by Gasteiger charge is -2.18. The summed E-state index contributed by atoms with van der Waals surface area (Å²) in [4.78, 5) is 16.4. The van der Waals surface area contributed by atoms with Crippen LogP contribution in [0.2, 0.25) is 0 Å². The van der Waals surface area contributed by atoms with E-state index in [9.17, 15) is 4.79 Å². The molecule has 1 saturated carbocycles. The van der Waals surface area contributed by atoms with Crippen LogP contribution in [0.25, 0.3) is 11.3 Å². The number of aromatic nitrogens is 5. The van der Waals surface area contributed by atoms with Crippen molar-refractivity contribution in [3.05, 3.63) is 54.6 Å². The molecule has 2 N–H and O–H groups in total. The quantitative estimate of drug-likeness (QED) is 0.738. The maximum atomic E-state index is 12.4. The number of hydrogen-bond acceptors (Lipinski definition) is 5. The zero-order chi connectivity index (χ0) is 17.9. The van der Waals surface area contributed by atoms with Gasteiger partial charge in [-0.05, 0) is 48.6 Å². The fourth-order valence-corrected chi connectivity index (χ4v) is 2.87. The van der Waals surface area contributed by atoms with Crippen LogP contribution in [0, 0.1) is 5.92 Å². The van der Waals surface area contributed by atoms with E-state index < -0.39 is 0 Å². The van der Waals surface area contributed by atoms with E-state index in [4.69, 9.17) is 0 Å². The number of carbonyl (C=O) groups excluding carboxylic acids is 1. The van der Waals surface area contributed by atoms with Gasteiger partial charge >= 0.3 is 6.03 Å². The predicted molar refractivity (Wildman–Crippen MR) is 96.1 cm³/mol. The fourth-order valence-electron chi connectivity index (χ4n) is 2.87. The number of amides is 2. The number of pyridine rings is 1. The van der Waals surface area contributed by atoms with Gasteiger partial charge in [-0.2, -0.15) is 5.10 Å². The summed E-state index contributed by atoms with van der Waals surface area (Å²) in [5.74, 6) is 0.876. The Morgan fingerprint density at radius 2 is 2.00 bits per heavy atom. The van der Waals surface area contributed by atoms with E-state index >= 15 is 0 Å². The maximum Gasteiger partial charge on any atom is 0.320 e. The molecule has 8 heteroatoms. The number of carbonyl (C=O) groups is 1. The molecule has 0 saturated heterocycles. The first-order valence-corrected chi connectivity index (χ1v) is 8.49. The largest absolute Gasteiger partial charge is 0.331 e. The Bertz CT molecular complexity index is 887. The number of nitrogens with one attached hydrogen (secondary N) is 2. The average molecular weight is 349 g/mol. The van der Waals surface area contributed by atoms with Crippen molar-refractivity contribution >= 4 is 11.8 Å². The second-order valence-electron chi connectivity index (χ2n) is 6.40. The van der Waals surface area contributed by atoms with Crippen molar-refractivity contribution in [2.24, 2.45) is 13.0 Å². The number of aryl methyl sites for hydroxylation is 1. The molecule has 3 aromatic rings. The van der Waals surface area contributed by atoms with E-state index in [0.717, 1.165) is 24.0 Å². The van der Waals surface area contributed by atoms with E-state index in [1.807, 2.05) is 25.4 Å². The van der Waals surface area contributed by atoms with Gasteiger partial charge in [0.15, 0.2) is 5.82 Å². The molecule has 1 atom stereocenters. The van der Waals surface area contributed by atoms with Crippen LogP contribution in [0.15, 0.2) is 49.1 Å². The lowest BCUT2D eigenvalue weighted by atomic mass is 10.0. The molecule has 1 aliphatic carbocycles. The molecule has 3 heterocycles. The number of anilines is 1. The van der Waals surface area contributed by atoms with Crippen LogP contribution in [-0.2, 0) is 7.05 Å². The minimum Gasteiger partial charge on any atom is -0.331 e. The van der Waals surface area contributed by atoms with Gasteiger partial charge in [-0.3, -0.25) is 15.0 Å². The summed E-state index contributed by atoms with van der Waals surface area (Å²) in [6.45, 7) is 0. The number of rotatable bonds is 5. The Hall–Kier alpha value is -3.29. The third-order valence-corrected chi connectivity index (χ3v) is 4.35. The zero-order valence-electron chi connectivity index (χ0n) is 14.3. The molecule has 1 fully saturated rings.